The molecule has 0 amide bonds. The number of benzene rings is 2. The van der Waals surface area contributed by atoms with Crippen LogP contribution in [0.25, 0.3) is 0 Å². The van der Waals surface area contributed by atoms with Crippen molar-refractivity contribution >= 4 is 15.9 Å². The minimum atomic E-state index is -4.62. The molecule has 1 heterocycles. The quantitative estimate of drug-likeness (QED) is 0.397. The maximum absolute atomic E-state index is 11.6. The summed E-state index contributed by atoms with van der Waals surface area (Å²) in [7, 11) is 0. The van der Waals surface area contributed by atoms with Crippen molar-refractivity contribution in [2.45, 2.75) is 51.9 Å². The van der Waals surface area contributed by atoms with Crippen LogP contribution in [0.4, 0.5) is 26.3 Å². The van der Waals surface area contributed by atoms with E-state index in [0.717, 1.165) is 31.5 Å². The fourth-order valence-corrected chi connectivity index (χ4v) is 3.17. The Balaban J connectivity index is 0.000000256. The normalized spacial score (nSPS) is 14.8. The van der Waals surface area contributed by atoms with Gasteiger partial charge in [0.1, 0.15) is 11.5 Å². The zero-order valence-corrected chi connectivity index (χ0v) is 20.5. The van der Waals surface area contributed by atoms with Gasteiger partial charge in [0.25, 0.3) is 0 Å². The number of ether oxygens (including phenoxy) is 2. The van der Waals surface area contributed by atoms with E-state index in [2.05, 4.69) is 30.7 Å². The van der Waals surface area contributed by atoms with Gasteiger partial charge in [0.2, 0.25) is 0 Å². The lowest BCUT2D eigenvalue weighted by Crippen LogP contribution is -2.39. The molecule has 1 saturated heterocycles. The number of rotatable bonds is 3. The first-order valence-corrected chi connectivity index (χ1v) is 11.1. The topological polar surface area (TPSA) is 50.7 Å². The van der Waals surface area contributed by atoms with Gasteiger partial charge in [-0.3, -0.25) is 0 Å². The fourth-order valence-electron chi connectivity index (χ4n) is 2.90. The molecule has 0 aromatic heterocycles. The molecule has 1 aliphatic heterocycles. The number of alkyl halides is 6. The summed E-state index contributed by atoms with van der Waals surface area (Å²) in [4.78, 5) is 0. The van der Waals surface area contributed by atoms with Crippen molar-refractivity contribution in [3.8, 4) is 11.5 Å². The van der Waals surface area contributed by atoms with Crippen molar-refractivity contribution in [1.82, 2.24) is 5.32 Å². The molecule has 0 spiro atoms. The highest BCUT2D eigenvalue weighted by molar-refractivity contribution is 9.10. The van der Waals surface area contributed by atoms with Gasteiger partial charge in [0, 0.05) is 4.47 Å². The van der Waals surface area contributed by atoms with Crippen LogP contribution >= 0.6 is 15.9 Å². The first kappa shape index (κ1) is 30.1. The van der Waals surface area contributed by atoms with E-state index in [1.165, 1.54) is 36.4 Å². The van der Waals surface area contributed by atoms with Crippen LogP contribution in [-0.4, -0.2) is 36.5 Å². The van der Waals surface area contributed by atoms with Gasteiger partial charge in [0.05, 0.1) is 5.60 Å². The van der Waals surface area contributed by atoms with Crippen molar-refractivity contribution < 1.29 is 40.9 Å². The Morgan fingerprint density at radius 2 is 1.18 bits per heavy atom. The standard InChI is InChI=1S/C8H7F3O.C8H17NO.C7H4BrF3O/c1-6-2-4-7(5-3-6)12-8(9,10)11;1-8(2,10)7-3-5-9-6-4-7;8-5-1-3-6(4-2-5)12-7(9,10)11/h2-5H,1H3;7,9-10H,3-6H2,1-2H3;1-4H. The van der Waals surface area contributed by atoms with Gasteiger partial charge < -0.3 is 19.9 Å². The van der Waals surface area contributed by atoms with E-state index in [1.807, 2.05) is 13.8 Å². The van der Waals surface area contributed by atoms with Gasteiger partial charge in [-0.15, -0.1) is 26.3 Å². The Morgan fingerprint density at radius 1 is 0.794 bits per heavy atom. The van der Waals surface area contributed by atoms with E-state index in [4.69, 9.17) is 0 Å². The van der Waals surface area contributed by atoms with Gasteiger partial charge in [-0.2, -0.15) is 0 Å². The van der Waals surface area contributed by atoms with Gasteiger partial charge in [-0.1, -0.05) is 33.6 Å². The van der Waals surface area contributed by atoms with E-state index < -0.39 is 18.3 Å². The molecule has 0 unspecified atom stereocenters. The lowest BCUT2D eigenvalue weighted by Gasteiger charge is -2.32. The SMILES string of the molecule is CC(C)(O)C1CCNCC1.Cc1ccc(OC(F)(F)F)cc1.FC(F)(F)Oc1ccc(Br)cc1. The van der Waals surface area contributed by atoms with E-state index >= 15 is 0 Å². The zero-order chi connectivity index (χ0) is 26.0. The molecule has 1 fully saturated rings. The molecule has 192 valence electrons. The van der Waals surface area contributed by atoms with Gasteiger partial charge in [-0.25, -0.2) is 0 Å². The number of aliphatic hydroxyl groups is 1. The van der Waals surface area contributed by atoms with E-state index in [-0.39, 0.29) is 11.5 Å². The lowest BCUT2D eigenvalue weighted by molar-refractivity contribution is -0.275. The summed E-state index contributed by atoms with van der Waals surface area (Å²) >= 11 is 3.09. The molecule has 0 radical (unpaired) electrons. The summed E-state index contributed by atoms with van der Waals surface area (Å²) in [6.45, 7) is 7.73. The van der Waals surface area contributed by atoms with Crippen LogP contribution in [0.15, 0.2) is 53.0 Å². The summed E-state index contributed by atoms with van der Waals surface area (Å²) < 4.78 is 77.7. The van der Waals surface area contributed by atoms with Crippen LogP contribution in [0, 0.1) is 12.8 Å². The molecule has 0 atom stereocenters. The number of piperidine rings is 1. The molecule has 0 aliphatic carbocycles. The van der Waals surface area contributed by atoms with Crippen molar-refractivity contribution in [2.75, 3.05) is 13.1 Å². The number of nitrogens with one attached hydrogen (secondary N) is 1. The second kappa shape index (κ2) is 13.2. The molecule has 3 rings (SSSR count). The molecule has 11 heteroatoms. The Kier molecular flexibility index (Phi) is 11.7. The molecule has 4 nitrogen and oxygen atoms in total. The van der Waals surface area contributed by atoms with Crippen molar-refractivity contribution in [2.24, 2.45) is 5.92 Å². The van der Waals surface area contributed by atoms with Gasteiger partial charge in [0.15, 0.2) is 0 Å². The highest BCUT2D eigenvalue weighted by Crippen LogP contribution is 2.25. The molecule has 0 saturated carbocycles. The summed E-state index contributed by atoms with van der Waals surface area (Å²) in [6, 6.07) is 11.1. The van der Waals surface area contributed by atoms with Crippen LogP contribution in [-0.2, 0) is 0 Å². The Morgan fingerprint density at radius 3 is 1.50 bits per heavy atom. The summed E-state index contributed by atoms with van der Waals surface area (Å²) in [5.74, 6) is 0.0903. The maximum atomic E-state index is 11.6. The largest absolute Gasteiger partial charge is 0.573 e. The summed E-state index contributed by atoms with van der Waals surface area (Å²) in [6.07, 6.45) is -6.99. The highest BCUT2D eigenvalue weighted by Gasteiger charge is 2.31. The smallest absolute Gasteiger partial charge is 0.406 e. The Labute approximate surface area is 203 Å². The van der Waals surface area contributed by atoms with Crippen LogP contribution in [0.1, 0.15) is 32.3 Å². The highest BCUT2D eigenvalue weighted by atomic mass is 79.9. The molecular formula is C23H28BrF6NO3. The van der Waals surface area contributed by atoms with Crippen molar-refractivity contribution in [1.29, 1.82) is 0 Å². The maximum Gasteiger partial charge on any atom is 0.573 e. The van der Waals surface area contributed by atoms with Crippen LogP contribution in [0.3, 0.4) is 0 Å². The lowest BCUT2D eigenvalue weighted by atomic mass is 9.84. The number of halogens is 7. The predicted molar refractivity (Wildman–Crippen MR) is 121 cm³/mol. The van der Waals surface area contributed by atoms with Gasteiger partial charge in [-0.05, 0) is 89.0 Å². The second-order valence-corrected chi connectivity index (χ2v) is 8.96. The predicted octanol–water partition coefficient (Wildman–Crippen LogP) is 7.00. The third-order valence-electron chi connectivity index (χ3n) is 4.64. The molecule has 34 heavy (non-hydrogen) atoms. The van der Waals surface area contributed by atoms with E-state index in [1.54, 1.807) is 19.1 Å². The molecule has 2 aromatic rings. The van der Waals surface area contributed by atoms with Gasteiger partial charge >= 0.3 is 12.7 Å². The van der Waals surface area contributed by atoms with E-state index in [0.29, 0.717) is 10.4 Å². The Hall–Kier alpha value is -1.98. The third kappa shape index (κ3) is 14.3. The molecule has 0 bridgehead atoms. The first-order chi connectivity index (χ1) is 15.5. The number of hydrogen-bond donors (Lipinski definition) is 2. The van der Waals surface area contributed by atoms with Crippen LogP contribution in [0.5, 0.6) is 11.5 Å². The van der Waals surface area contributed by atoms with Crippen molar-refractivity contribution in [3.05, 3.63) is 58.6 Å². The number of aryl methyl sites for hydroxylation is 1. The average molecular weight is 560 g/mol. The Bertz CT molecular complexity index is 771. The van der Waals surface area contributed by atoms with Crippen LogP contribution in [0.2, 0.25) is 0 Å². The molecule has 2 aromatic carbocycles. The molecule has 2 N–H and O–H groups in total. The monoisotopic (exact) mass is 559 g/mol. The summed E-state index contributed by atoms with van der Waals surface area (Å²) in [5, 5.41) is 12.9. The van der Waals surface area contributed by atoms with Crippen LogP contribution < -0.4 is 14.8 Å². The zero-order valence-electron chi connectivity index (χ0n) is 18.9. The minimum Gasteiger partial charge on any atom is -0.406 e. The third-order valence-corrected chi connectivity index (χ3v) is 5.17. The number of hydrogen-bond acceptors (Lipinski definition) is 4. The first-order valence-electron chi connectivity index (χ1n) is 10.3. The average Bonchev–Trinajstić information content (AvgIpc) is 2.71. The summed E-state index contributed by atoms with van der Waals surface area (Å²) in [5.41, 5.74) is 0.423. The van der Waals surface area contributed by atoms with E-state index in [9.17, 15) is 31.4 Å². The second-order valence-electron chi connectivity index (χ2n) is 8.04. The van der Waals surface area contributed by atoms with Crippen molar-refractivity contribution in [3.63, 3.8) is 0 Å². The fraction of sp³-hybridized carbons (Fsp3) is 0.478. The minimum absolute atomic E-state index is 0.187. The molecule has 1 aliphatic rings. The molecular weight excluding hydrogens is 532 g/mol.